The Morgan fingerprint density at radius 1 is 1.29 bits per heavy atom. The maximum atomic E-state index is 13.7. The van der Waals surface area contributed by atoms with Gasteiger partial charge in [-0.2, -0.15) is 18.3 Å². The maximum Gasteiger partial charge on any atom is 0.394 e. The molecule has 204 valence electrons. The number of halogens is 5. The lowest BCUT2D eigenvalue weighted by atomic mass is 9.95. The molecular formula is C22H23F5N8O3. The van der Waals surface area contributed by atoms with E-state index in [1.807, 2.05) is 0 Å². The van der Waals surface area contributed by atoms with Crippen LogP contribution in [-0.2, 0) is 6.54 Å². The molecule has 5 rings (SSSR count). The van der Waals surface area contributed by atoms with E-state index in [1.165, 1.54) is 29.9 Å². The normalized spacial score (nSPS) is 19.3. The molecule has 2 aliphatic rings. The molecule has 38 heavy (non-hydrogen) atoms. The minimum Gasteiger partial charge on any atom is -0.342 e. The number of aryl methyl sites for hydroxylation is 1. The molecule has 0 aromatic carbocycles. The number of imidazole rings is 1. The van der Waals surface area contributed by atoms with Gasteiger partial charge in [0.1, 0.15) is 5.69 Å². The van der Waals surface area contributed by atoms with E-state index in [2.05, 4.69) is 35.7 Å². The van der Waals surface area contributed by atoms with Crippen molar-refractivity contribution in [2.24, 2.45) is 5.41 Å². The zero-order chi connectivity index (χ0) is 27.3. The van der Waals surface area contributed by atoms with Gasteiger partial charge < -0.3 is 15.5 Å². The number of urea groups is 1. The first kappa shape index (κ1) is 25.8. The fourth-order valence-corrected chi connectivity index (χ4v) is 4.47. The Labute approximate surface area is 211 Å². The highest BCUT2D eigenvalue weighted by molar-refractivity contribution is 5.93. The third-order valence-electron chi connectivity index (χ3n) is 6.87. The molecule has 4 heterocycles. The van der Waals surface area contributed by atoms with E-state index in [0.29, 0.717) is 5.56 Å². The van der Waals surface area contributed by atoms with Gasteiger partial charge in [-0.25, -0.2) is 27.7 Å². The first-order chi connectivity index (χ1) is 17.9. The minimum absolute atomic E-state index is 0.0166. The largest absolute Gasteiger partial charge is 0.394 e. The molecule has 3 amide bonds. The van der Waals surface area contributed by atoms with E-state index in [-0.39, 0.29) is 55.0 Å². The molecule has 11 nitrogen and oxygen atoms in total. The Morgan fingerprint density at radius 2 is 2.05 bits per heavy atom. The van der Waals surface area contributed by atoms with Crippen LogP contribution in [0.4, 0.5) is 26.7 Å². The second kappa shape index (κ2) is 9.16. The first-order valence-electron chi connectivity index (χ1n) is 11.8. The number of fused-ring (bicyclic) bond motifs is 1. The van der Waals surface area contributed by atoms with E-state index in [4.69, 9.17) is 0 Å². The van der Waals surface area contributed by atoms with Gasteiger partial charge in [-0.05, 0) is 49.4 Å². The molecule has 3 aromatic rings. The SMILES string of the molecule is Cc1nonc1C(=O)NC(CCC1(C(F)(F)F)CC1)c1cn2ncc(CN3CC(F)(F)CNC3=O)cc2n1. The lowest BCUT2D eigenvalue weighted by molar-refractivity contribution is -0.189. The van der Waals surface area contributed by atoms with Crippen LogP contribution in [0.2, 0.25) is 0 Å². The monoisotopic (exact) mass is 542 g/mol. The van der Waals surface area contributed by atoms with Crippen molar-refractivity contribution in [3.63, 3.8) is 0 Å². The van der Waals surface area contributed by atoms with E-state index < -0.39 is 48.6 Å². The van der Waals surface area contributed by atoms with Gasteiger partial charge in [0.25, 0.3) is 11.8 Å². The molecule has 2 N–H and O–H groups in total. The summed E-state index contributed by atoms with van der Waals surface area (Å²) in [6, 6.07) is -0.0341. The molecule has 1 aliphatic heterocycles. The van der Waals surface area contributed by atoms with Gasteiger partial charge in [0.05, 0.1) is 42.6 Å². The Morgan fingerprint density at radius 3 is 2.71 bits per heavy atom. The minimum atomic E-state index is -4.36. The van der Waals surface area contributed by atoms with Crippen LogP contribution in [-0.4, -0.2) is 66.9 Å². The highest BCUT2D eigenvalue weighted by Gasteiger charge is 2.62. The highest BCUT2D eigenvalue weighted by atomic mass is 19.4. The quantitative estimate of drug-likeness (QED) is 0.418. The molecular weight excluding hydrogens is 519 g/mol. The van der Waals surface area contributed by atoms with Crippen molar-refractivity contribution in [2.45, 2.75) is 57.3 Å². The summed E-state index contributed by atoms with van der Waals surface area (Å²) in [7, 11) is 0. The first-order valence-corrected chi connectivity index (χ1v) is 11.8. The summed E-state index contributed by atoms with van der Waals surface area (Å²) in [4.78, 5) is 30.2. The smallest absolute Gasteiger partial charge is 0.342 e. The number of rotatable bonds is 8. The van der Waals surface area contributed by atoms with Crippen LogP contribution in [0.1, 0.15) is 59.2 Å². The number of hydrogen-bond acceptors (Lipinski definition) is 7. The van der Waals surface area contributed by atoms with Crippen LogP contribution < -0.4 is 10.6 Å². The van der Waals surface area contributed by atoms with Crippen LogP contribution in [0.3, 0.4) is 0 Å². The van der Waals surface area contributed by atoms with Gasteiger partial charge in [-0.15, -0.1) is 0 Å². The van der Waals surface area contributed by atoms with E-state index in [0.717, 1.165) is 4.90 Å². The molecule has 1 aliphatic carbocycles. The summed E-state index contributed by atoms with van der Waals surface area (Å²) in [5.41, 5.74) is -0.754. The summed E-state index contributed by atoms with van der Waals surface area (Å²) < 4.78 is 74.0. The van der Waals surface area contributed by atoms with E-state index in [9.17, 15) is 31.5 Å². The van der Waals surface area contributed by atoms with Crippen LogP contribution in [0.25, 0.3) is 5.65 Å². The Bertz CT molecular complexity index is 1370. The van der Waals surface area contributed by atoms with Crippen molar-refractivity contribution in [2.75, 3.05) is 13.1 Å². The summed E-state index contributed by atoms with van der Waals surface area (Å²) in [6.07, 6.45) is -1.77. The molecule has 0 spiro atoms. The number of amides is 3. The van der Waals surface area contributed by atoms with Gasteiger partial charge in [-0.3, -0.25) is 4.79 Å². The van der Waals surface area contributed by atoms with Crippen molar-refractivity contribution in [1.29, 1.82) is 0 Å². The number of hydrogen-bond donors (Lipinski definition) is 2. The van der Waals surface area contributed by atoms with Gasteiger partial charge in [0, 0.05) is 6.54 Å². The second-order valence-corrected chi connectivity index (χ2v) is 9.74. The highest BCUT2D eigenvalue weighted by Crippen LogP contribution is 2.61. The number of alkyl halides is 5. The summed E-state index contributed by atoms with van der Waals surface area (Å²) in [5, 5.41) is 16.1. The topological polar surface area (TPSA) is 131 Å². The van der Waals surface area contributed by atoms with Gasteiger partial charge in [0.2, 0.25) is 0 Å². The lowest BCUT2D eigenvalue weighted by Gasteiger charge is -2.32. The molecule has 1 atom stereocenters. The molecule has 2 fully saturated rings. The van der Waals surface area contributed by atoms with E-state index >= 15 is 0 Å². The standard InChI is InChI=1S/C22H23F5N8O3/c1-12-17(33-38-32-12)18(36)31-14(2-3-20(4-5-20)22(25,26)27)15-9-35-16(30-15)6-13(7-29-35)8-34-11-21(23,24)10-28-19(34)37/h6-7,9,14H,2-5,8,10-11H2,1H3,(H,28,37)(H,31,36). The average molecular weight is 542 g/mol. The van der Waals surface area contributed by atoms with Gasteiger partial charge in [-0.1, -0.05) is 5.16 Å². The number of nitrogens with zero attached hydrogens (tertiary/aromatic N) is 6. The molecule has 0 bridgehead atoms. The van der Waals surface area contributed by atoms with Crippen LogP contribution in [0.5, 0.6) is 0 Å². The molecule has 3 aromatic heterocycles. The molecule has 1 saturated heterocycles. The fourth-order valence-electron chi connectivity index (χ4n) is 4.47. The van der Waals surface area contributed by atoms with Crippen LogP contribution in [0.15, 0.2) is 23.1 Å². The predicted molar refractivity (Wildman–Crippen MR) is 118 cm³/mol. The number of carbonyl (C=O) groups is 2. The van der Waals surface area contributed by atoms with Gasteiger partial charge >= 0.3 is 12.2 Å². The summed E-state index contributed by atoms with van der Waals surface area (Å²) in [6.45, 7) is -0.150. The Kier molecular flexibility index (Phi) is 6.22. The van der Waals surface area contributed by atoms with Crippen molar-refractivity contribution in [1.82, 2.24) is 40.4 Å². The third kappa shape index (κ3) is 5.11. The van der Waals surface area contributed by atoms with Crippen molar-refractivity contribution in [3.05, 3.63) is 41.1 Å². The molecule has 0 radical (unpaired) electrons. The number of aromatic nitrogens is 5. The number of carbonyl (C=O) groups excluding carboxylic acids is 2. The lowest BCUT2D eigenvalue weighted by Crippen LogP contribution is -2.56. The Balaban J connectivity index is 1.38. The van der Waals surface area contributed by atoms with Crippen molar-refractivity contribution < 1.29 is 36.2 Å². The summed E-state index contributed by atoms with van der Waals surface area (Å²) >= 11 is 0. The Hall–Kier alpha value is -3.85. The number of nitrogens with one attached hydrogen (secondary N) is 2. The molecule has 1 unspecified atom stereocenters. The van der Waals surface area contributed by atoms with Crippen LogP contribution in [0, 0.1) is 12.3 Å². The molecule has 1 saturated carbocycles. The van der Waals surface area contributed by atoms with Crippen LogP contribution >= 0.6 is 0 Å². The fraction of sp³-hybridized carbons (Fsp3) is 0.545. The zero-order valence-electron chi connectivity index (χ0n) is 20.1. The predicted octanol–water partition coefficient (Wildman–Crippen LogP) is 3.18. The second-order valence-electron chi connectivity index (χ2n) is 9.74. The zero-order valence-corrected chi connectivity index (χ0v) is 20.1. The van der Waals surface area contributed by atoms with Gasteiger partial charge in [0.15, 0.2) is 11.3 Å². The van der Waals surface area contributed by atoms with Crippen molar-refractivity contribution in [3.8, 4) is 0 Å². The van der Waals surface area contributed by atoms with E-state index in [1.54, 1.807) is 0 Å². The average Bonchev–Trinajstić information content (AvgIpc) is 3.35. The molecule has 16 heteroatoms. The third-order valence-corrected chi connectivity index (χ3v) is 6.87. The van der Waals surface area contributed by atoms with Crippen molar-refractivity contribution >= 4 is 17.6 Å². The maximum absolute atomic E-state index is 13.7. The summed E-state index contributed by atoms with van der Waals surface area (Å²) in [5.74, 6) is -3.77.